The number of furan rings is 1. The van der Waals surface area contributed by atoms with Gasteiger partial charge in [0.2, 0.25) is 0 Å². The molecule has 0 atom stereocenters. The van der Waals surface area contributed by atoms with Gasteiger partial charge in [0.15, 0.2) is 19.0 Å². The van der Waals surface area contributed by atoms with Crippen molar-refractivity contribution in [1.82, 2.24) is 0 Å². The number of rotatable bonds is 10. The molecule has 0 aliphatic rings. The summed E-state index contributed by atoms with van der Waals surface area (Å²) in [6.45, 7) is -0.428. The van der Waals surface area contributed by atoms with Gasteiger partial charge in [-0.1, -0.05) is 30.3 Å². The van der Waals surface area contributed by atoms with Crippen molar-refractivity contribution in [2.45, 2.75) is 0 Å². The standard InChI is InChI=1S/C27H23N3O6/c31-25(28-19-7-2-1-3-8-19)17-35-22-11-4-9-20(15-22)29-26(32)18-36-23-12-5-10-21(16-23)30-27(33)24-13-6-14-34-24/h1-16H,17-18H2,(H,28,31)(H,29,32)(H,30,33). The molecule has 0 saturated carbocycles. The third-order valence-corrected chi connectivity index (χ3v) is 4.75. The van der Waals surface area contributed by atoms with Crippen LogP contribution in [0, 0.1) is 0 Å². The molecule has 36 heavy (non-hydrogen) atoms. The lowest BCUT2D eigenvalue weighted by Gasteiger charge is -2.11. The summed E-state index contributed by atoms with van der Waals surface area (Å²) < 4.78 is 16.1. The first kappa shape index (κ1) is 24.1. The molecule has 182 valence electrons. The fourth-order valence-electron chi connectivity index (χ4n) is 3.14. The summed E-state index contributed by atoms with van der Waals surface area (Å²) in [5.41, 5.74) is 1.66. The average molecular weight is 485 g/mol. The second kappa shape index (κ2) is 11.9. The summed E-state index contributed by atoms with van der Waals surface area (Å²) in [5.74, 6) is -0.0651. The second-order valence-corrected chi connectivity index (χ2v) is 7.53. The van der Waals surface area contributed by atoms with E-state index in [1.807, 2.05) is 18.2 Å². The number of carbonyl (C=O) groups is 3. The monoisotopic (exact) mass is 485 g/mol. The molecule has 0 saturated heterocycles. The second-order valence-electron chi connectivity index (χ2n) is 7.53. The zero-order chi connectivity index (χ0) is 25.2. The van der Waals surface area contributed by atoms with Gasteiger partial charge in [-0.3, -0.25) is 14.4 Å². The highest BCUT2D eigenvalue weighted by Crippen LogP contribution is 2.20. The van der Waals surface area contributed by atoms with Gasteiger partial charge in [-0.05, 0) is 48.5 Å². The molecule has 0 unspecified atom stereocenters. The number of ether oxygens (including phenoxy) is 2. The third-order valence-electron chi connectivity index (χ3n) is 4.75. The van der Waals surface area contributed by atoms with Gasteiger partial charge < -0.3 is 29.8 Å². The van der Waals surface area contributed by atoms with Crippen molar-refractivity contribution in [3.63, 3.8) is 0 Å². The molecule has 4 rings (SSSR count). The van der Waals surface area contributed by atoms with Crippen LogP contribution in [0.1, 0.15) is 10.6 Å². The van der Waals surface area contributed by atoms with Gasteiger partial charge in [0, 0.05) is 29.2 Å². The van der Waals surface area contributed by atoms with Crippen LogP contribution in [0.15, 0.2) is 102 Å². The molecule has 9 heteroatoms. The Labute approximate surface area is 207 Å². The van der Waals surface area contributed by atoms with Gasteiger partial charge in [0.25, 0.3) is 17.7 Å². The molecular weight excluding hydrogens is 462 g/mol. The van der Waals surface area contributed by atoms with E-state index in [4.69, 9.17) is 13.9 Å². The minimum atomic E-state index is -0.394. The molecule has 0 aliphatic carbocycles. The quantitative estimate of drug-likeness (QED) is 0.303. The molecule has 1 aromatic heterocycles. The van der Waals surface area contributed by atoms with Gasteiger partial charge in [0.05, 0.1) is 6.26 Å². The molecule has 0 radical (unpaired) electrons. The molecule has 0 bridgehead atoms. The molecule has 0 aliphatic heterocycles. The van der Waals surface area contributed by atoms with E-state index in [1.54, 1.807) is 72.8 Å². The highest BCUT2D eigenvalue weighted by Gasteiger charge is 2.10. The van der Waals surface area contributed by atoms with Crippen LogP contribution in [0.5, 0.6) is 11.5 Å². The zero-order valence-electron chi connectivity index (χ0n) is 19.1. The molecule has 3 aromatic carbocycles. The van der Waals surface area contributed by atoms with Crippen molar-refractivity contribution >= 4 is 34.8 Å². The van der Waals surface area contributed by atoms with Crippen LogP contribution >= 0.6 is 0 Å². The van der Waals surface area contributed by atoms with Crippen molar-refractivity contribution in [3.8, 4) is 11.5 Å². The normalized spacial score (nSPS) is 10.2. The number of para-hydroxylation sites is 1. The molecule has 4 aromatic rings. The summed E-state index contributed by atoms with van der Waals surface area (Å²) in [7, 11) is 0. The van der Waals surface area contributed by atoms with Crippen LogP contribution in [0.2, 0.25) is 0 Å². The predicted molar refractivity (Wildman–Crippen MR) is 134 cm³/mol. The van der Waals surface area contributed by atoms with Gasteiger partial charge >= 0.3 is 0 Å². The fraction of sp³-hybridized carbons (Fsp3) is 0.0741. The summed E-state index contributed by atoms with van der Waals surface area (Å²) in [6.07, 6.45) is 1.41. The number of benzene rings is 3. The Morgan fingerprint density at radius 3 is 1.75 bits per heavy atom. The molecule has 1 heterocycles. The maximum Gasteiger partial charge on any atom is 0.291 e. The Bertz CT molecular complexity index is 1320. The first-order valence-corrected chi connectivity index (χ1v) is 11.0. The van der Waals surface area contributed by atoms with Crippen LogP contribution in [-0.4, -0.2) is 30.9 Å². The summed E-state index contributed by atoms with van der Waals surface area (Å²) in [6, 6.07) is 25.6. The molecule has 3 N–H and O–H groups in total. The number of carbonyl (C=O) groups excluding carboxylic acids is 3. The number of amides is 3. The van der Waals surface area contributed by atoms with Gasteiger partial charge in [-0.15, -0.1) is 0 Å². The highest BCUT2D eigenvalue weighted by molar-refractivity contribution is 6.02. The van der Waals surface area contributed by atoms with E-state index in [9.17, 15) is 14.4 Å². The van der Waals surface area contributed by atoms with E-state index in [-0.39, 0.29) is 30.8 Å². The van der Waals surface area contributed by atoms with Crippen LogP contribution < -0.4 is 25.4 Å². The fourth-order valence-corrected chi connectivity index (χ4v) is 3.14. The zero-order valence-corrected chi connectivity index (χ0v) is 19.1. The van der Waals surface area contributed by atoms with Crippen molar-refractivity contribution < 1.29 is 28.3 Å². The van der Waals surface area contributed by atoms with Crippen molar-refractivity contribution in [2.75, 3.05) is 29.2 Å². The number of anilines is 3. The molecule has 3 amide bonds. The summed E-state index contributed by atoms with van der Waals surface area (Å²) in [4.78, 5) is 36.5. The van der Waals surface area contributed by atoms with Crippen molar-refractivity contribution in [1.29, 1.82) is 0 Å². The Kier molecular flexibility index (Phi) is 7.95. The first-order chi connectivity index (χ1) is 17.5. The number of hydrogen-bond donors (Lipinski definition) is 3. The minimum absolute atomic E-state index is 0.178. The highest BCUT2D eigenvalue weighted by atomic mass is 16.5. The number of hydrogen-bond acceptors (Lipinski definition) is 6. The Balaban J connectivity index is 1.24. The van der Waals surface area contributed by atoms with Crippen LogP contribution in [-0.2, 0) is 9.59 Å². The van der Waals surface area contributed by atoms with Gasteiger partial charge in [0.1, 0.15) is 11.5 Å². The largest absolute Gasteiger partial charge is 0.484 e. The van der Waals surface area contributed by atoms with Gasteiger partial charge in [-0.25, -0.2) is 0 Å². The van der Waals surface area contributed by atoms with Crippen molar-refractivity contribution in [3.05, 3.63) is 103 Å². The lowest BCUT2D eigenvalue weighted by Crippen LogP contribution is -2.21. The van der Waals surface area contributed by atoms with Crippen LogP contribution in [0.3, 0.4) is 0 Å². The van der Waals surface area contributed by atoms with Crippen LogP contribution in [0.25, 0.3) is 0 Å². The maximum absolute atomic E-state index is 12.4. The summed E-state index contributed by atoms with van der Waals surface area (Å²) >= 11 is 0. The van der Waals surface area contributed by atoms with E-state index in [1.165, 1.54) is 6.26 Å². The SMILES string of the molecule is O=C(COc1cccc(NC(=O)COc2cccc(NC(=O)c3ccco3)c2)c1)Nc1ccccc1. The van der Waals surface area contributed by atoms with E-state index in [0.717, 1.165) is 0 Å². The molecule has 9 nitrogen and oxygen atoms in total. The first-order valence-electron chi connectivity index (χ1n) is 11.0. The molecular formula is C27H23N3O6. The minimum Gasteiger partial charge on any atom is -0.484 e. The van der Waals surface area contributed by atoms with E-state index in [0.29, 0.717) is 28.6 Å². The maximum atomic E-state index is 12.4. The Hall–Kier alpha value is -5.05. The third kappa shape index (κ3) is 7.22. The molecule has 0 fully saturated rings. The van der Waals surface area contributed by atoms with Gasteiger partial charge in [-0.2, -0.15) is 0 Å². The van der Waals surface area contributed by atoms with E-state index < -0.39 is 5.91 Å². The predicted octanol–water partition coefficient (Wildman–Crippen LogP) is 4.57. The van der Waals surface area contributed by atoms with E-state index in [2.05, 4.69) is 16.0 Å². The van der Waals surface area contributed by atoms with Crippen LogP contribution in [0.4, 0.5) is 17.1 Å². The Morgan fingerprint density at radius 1 is 0.611 bits per heavy atom. The van der Waals surface area contributed by atoms with E-state index >= 15 is 0 Å². The summed E-state index contributed by atoms with van der Waals surface area (Å²) in [5, 5.41) is 8.15. The smallest absolute Gasteiger partial charge is 0.291 e. The number of nitrogens with one attached hydrogen (secondary N) is 3. The average Bonchev–Trinajstić information content (AvgIpc) is 3.43. The lowest BCUT2D eigenvalue weighted by atomic mass is 10.3. The Morgan fingerprint density at radius 2 is 1.17 bits per heavy atom. The topological polar surface area (TPSA) is 119 Å². The molecule has 0 spiro atoms. The van der Waals surface area contributed by atoms with Crippen molar-refractivity contribution in [2.24, 2.45) is 0 Å². The lowest BCUT2D eigenvalue weighted by molar-refractivity contribution is -0.118.